The first kappa shape index (κ1) is 15.4. The van der Waals surface area contributed by atoms with Crippen molar-refractivity contribution in [3.63, 3.8) is 0 Å². The molecule has 0 bridgehead atoms. The number of hydrogen-bond acceptors (Lipinski definition) is 5. The van der Waals surface area contributed by atoms with E-state index < -0.39 is 10.0 Å². The summed E-state index contributed by atoms with van der Waals surface area (Å²) in [5, 5.41) is 9.91. The summed E-state index contributed by atoms with van der Waals surface area (Å²) in [6, 6.07) is 0.534. The molecule has 1 aliphatic rings. The molecule has 0 amide bonds. The van der Waals surface area contributed by atoms with Crippen molar-refractivity contribution >= 4 is 10.0 Å². The summed E-state index contributed by atoms with van der Waals surface area (Å²) in [5.74, 6) is 0. The molecule has 1 saturated carbocycles. The third kappa shape index (κ3) is 4.27. The lowest BCUT2D eigenvalue weighted by atomic mass is 10.3. The van der Waals surface area contributed by atoms with Crippen LogP contribution < -0.4 is 10.0 Å². The first-order chi connectivity index (χ1) is 9.53. The van der Waals surface area contributed by atoms with E-state index in [1.807, 2.05) is 18.9 Å². The molecular weight excluding hydrogens is 278 g/mol. The standard InChI is InChI=1S/C12H23N5O2S/c1-3-17(2)7-6-15-20(18,19)12-10(9-14-16-12)8-13-11-4-5-11/h9,11,13,15H,3-8H2,1-2H3,(H,14,16). The second kappa shape index (κ2) is 6.66. The summed E-state index contributed by atoms with van der Waals surface area (Å²) in [6.07, 6.45) is 3.91. The Hall–Kier alpha value is -0.960. The van der Waals surface area contributed by atoms with Crippen LogP contribution in [0.5, 0.6) is 0 Å². The van der Waals surface area contributed by atoms with Crippen molar-refractivity contribution in [1.82, 2.24) is 25.1 Å². The Balaban J connectivity index is 1.92. The lowest BCUT2D eigenvalue weighted by Gasteiger charge is -2.14. The van der Waals surface area contributed by atoms with Crippen molar-refractivity contribution in [2.45, 2.75) is 37.4 Å². The van der Waals surface area contributed by atoms with Gasteiger partial charge >= 0.3 is 0 Å². The number of sulfonamides is 1. The van der Waals surface area contributed by atoms with Crippen molar-refractivity contribution < 1.29 is 8.42 Å². The minimum absolute atomic E-state index is 0.171. The second-order valence-corrected chi connectivity index (χ2v) is 6.88. The number of H-pyrrole nitrogens is 1. The van der Waals surface area contributed by atoms with Crippen LogP contribution in [0, 0.1) is 0 Å². The Morgan fingerprint density at radius 1 is 1.50 bits per heavy atom. The van der Waals surface area contributed by atoms with Gasteiger partial charge in [-0.05, 0) is 26.4 Å². The third-order valence-corrected chi connectivity index (χ3v) is 4.91. The summed E-state index contributed by atoms with van der Waals surface area (Å²) in [7, 11) is -1.56. The molecule has 0 unspecified atom stereocenters. The average molecular weight is 301 g/mol. The van der Waals surface area contributed by atoms with E-state index in [-0.39, 0.29) is 5.03 Å². The maximum Gasteiger partial charge on any atom is 0.257 e. The highest BCUT2D eigenvalue weighted by Gasteiger charge is 2.24. The Kier molecular flexibility index (Phi) is 5.14. The normalized spacial score (nSPS) is 15.9. The number of nitrogens with one attached hydrogen (secondary N) is 3. The molecular formula is C12H23N5O2S. The Bertz CT molecular complexity index is 524. The number of aromatic nitrogens is 2. The number of aromatic amines is 1. The summed E-state index contributed by atoms with van der Waals surface area (Å²) in [4.78, 5) is 2.05. The van der Waals surface area contributed by atoms with E-state index in [2.05, 4.69) is 20.2 Å². The van der Waals surface area contributed by atoms with Gasteiger partial charge in [0.05, 0.1) is 6.20 Å². The van der Waals surface area contributed by atoms with Gasteiger partial charge in [-0.1, -0.05) is 6.92 Å². The highest BCUT2D eigenvalue weighted by molar-refractivity contribution is 7.89. The third-order valence-electron chi connectivity index (χ3n) is 3.43. The molecule has 8 heteroatoms. The zero-order chi connectivity index (χ0) is 14.6. The van der Waals surface area contributed by atoms with Crippen LogP contribution in [0.2, 0.25) is 0 Å². The Morgan fingerprint density at radius 3 is 2.90 bits per heavy atom. The van der Waals surface area contributed by atoms with Crippen molar-refractivity contribution in [3.8, 4) is 0 Å². The van der Waals surface area contributed by atoms with Gasteiger partial charge in [0.15, 0.2) is 5.03 Å². The van der Waals surface area contributed by atoms with E-state index in [4.69, 9.17) is 0 Å². The van der Waals surface area contributed by atoms with E-state index in [0.717, 1.165) is 6.54 Å². The van der Waals surface area contributed by atoms with Gasteiger partial charge in [-0.15, -0.1) is 0 Å². The van der Waals surface area contributed by atoms with Gasteiger partial charge < -0.3 is 10.2 Å². The molecule has 1 aliphatic carbocycles. The largest absolute Gasteiger partial charge is 0.310 e. The lowest BCUT2D eigenvalue weighted by molar-refractivity contribution is 0.358. The molecule has 20 heavy (non-hydrogen) atoms. The summed E-state index contributed by atoms with van der Waals surface area (Å²) >= 11 is 0. The van der Waals surface area contributed by atoms with Crippen LogP contribution >= 0.6 is 0 Å². The molecule has 0 spiro atoms. The minimum Gasteiger partial charge on any atom is -0.310 e. The van der Waals surface area contributed by atoms with Crippen LogP contribution in [0.15, 0.2) is 11.2 Å². The Labute approximate surface area is 120 Å². The van der Waals surface area contributed by atoms with Crippen LogP contribution in [0.4, 0.5) is 0 Å². The van der Waals surface area contributed by atoms with Crippen molar-refractivity contribution in [2.24, 2.45) is 0 Å². The number of hydrogen-bond donors (Lipinski definition) is 3. The number of likely N-dealkylation sites (N-methyl/N-ethyl adjacent to an activating group) is 1. The van der Waals surface area contributed by atoms with Crippen molar-refractivity contribution in [3.05, 3.63) is 11.8 Å². The minimum atomic E-state index is -3.51. The summed E-state index contributed by atoms with van der Waals surface area (Å²) in [6.45, 7) is 4.53. The van der Waals surface area contributed by atoms with Crippen LogP contribution in [0.3, 0.4) is 0 Å². The molecule has 0 radical (unpaired) electrons. The molecule has 0 aliphatic heterocycles. The van der Waals surface area contributed by atoms with Crippen LogP contribution in [-0.4, -0.2) is 56.2 Å². The second-order valence-electron chi connectivity index (χ2n) is 5.17. The SMILES string of the molecule is CCN(C)CCNS(=O)(=O)c1[nH]ncc1CNC1CC1. The molecule has 0 saturated heterocycles. The zero-order valence-corrected chi connectivity index (χ0v) is 12.8. The quantitative estimate of drug-likeness (QED) is 0.592. The molecule has 2 rings (SSSR count). The highest BCUT2D eigenvalue weighted by atomic mass is 32.2. The zero-order valence-electron chi connectivity index (χ0n) is 12.0. The van der Waals surface area contributed by atoms with Gasteiger partial charge in [0, 0.05) is 31.2 Å². The molecule has 7 nitrogen and oxygen atoms in total. The number of rotatable bonds is 9. The van der Waals surface area contributed by atoms with Crippen LogP contribution in [-0.2, 0) is 16.6 Å². The molecule has 3 N–H and O–H groups in total. The molecule has 1 fully saturated rings. The first-order valence-electron chi connectivity index (χ1n) is 6.96. The topological polar surface area (TPSA) is 90.1 Å². The van der Waals surface area contributed by atoms with E-state index in [9.17, 15) is 8.42 Å². The molecule has 0 aromatic carbocycles. The van der Waals surface area contributed by atoms with Gasteiger partial charge in [0.1, 0.15) is 0 Å². The molecule has 1 heterocycles. The molecule has 1 aromatic rings. The van der Waals surface area contributed by atoms with Crippen LogP contribution in [0.25, 0.3) is 0 Å². The molecule has 114 valence electrons. The summed E-state index contributed by atoms with van der Waals surface area (Å²) in [5.41, 5.74) is 0.688. The number of nitrogens with zero attached hydrogens (tertiary/aromatic N) is 2. The van der Waals surface area contributed by atoms with Crippen LogP contribution in [0.1, 0.15) is 25.3 Å². The maximum absolute atomic E-state index is 12.2. The van der Waals surface area contributed by atoms with Gasteiger partial charge in [0.25, 0.3) is 10.0 Å². The maximum atomic E-state index is 12.2. The fraction of sp³-hybridized carbons (Fsp3) is 0.750. The molecule has 0 atom stereocenters. The summed E-state index contributed by atoms with van der Waals surface area (Å²) < 4.78 is 27.0. The van der Waals surface area contributed by atoms with E-state index in [1.165, 1.54) is 12.8 Å². The fourth-order valence-electron chi connectivity index (χ4n) is 1.80. The van der Waals surface area contributed by atoms with Crippen molar-refractivity contribution in [2.75, 3.05) is 26.7 Å². The molecule has 1 aromatic heterocycles. The van der Waals surface area contributed by atoms with Gasteiger partial charge in [-0.25, -0.2) is 13.1 Å². The monoisotopic (exact) mass is 301 g/mol. The van der Waals surface area contributed by atoms with E-state index in [1.54, 1.807) is 6.20 Å². The van der Waals surface area contributed by atoms with E-state index >= 15 is 0 Å². The predicted molar refractivity (Wildman–Crippen MR) is 76.8 cm³/mol. The fourth-order valence-corrected chi connectivity index (χ4v) is 2.95. The first-order valence-corrected chi connectivity index (χ1v) is 8.45. The van der Waals surface area contributed by atoms with Gasteiger partial charge in [0.2, 0.25) is 0 Å². The van der Waals surface area contributed by atoms with Crippen molar-refractivity contribution in [1.29, 1.82) is 0 Å². The van der Waals surface area contributed by atoms with Gasteiger partial charge in [-0.2, -0.15) is 5.10 Å². The average Bonchev–Trinajstić information content (AvgIpc) is 3.11. The Morgan fingerprint density at radius 2 is 2.25 bits per heavy atom. The lowest BCUT2D eigenvalue weighted by Crippen LogP contribution is -2.33. The smallest absolute Gasteiger partial charge is 0.257 e. The van der Waals surface area contributed by atoms with E-state index in [0.29, 0.717) is 31.2 Å². The van der Waals surface area contributed by atoms with Gasteiger partial charge in [-0.3, -0.25) is 5.10 Å². The highest BCUT2D eigenvalue weighted by Crippen LogP contribution is 2.20. The predicted octanol–water partition coefficient (Wildman–Crippen LogP) is -0.108.